The van der Waals surface area contributed by atoms with Crippen LogP contribution in [-0.4, -0.2) is 59.4 Å². The number of pyridine rings is 1. The van der Waals surface area contributed by atoms with E-state index < -0.39 is 11.6 Å². The van der Waals surface area contributed by atoms with Gasteiger partial charge in [-0.1, -0.05) is 12.1 Å². The lowest BCUT2D eigenvalue weighted by Crippen LogP contribution is -2.38. The highest BCUT2D eigenvalue weighted by atomic mass is 19.1. The lowest BCUT2D eigenvalue weighted by atomic mass is 9.91. The minimum Gasteiger partial charge on any atom is -0.459 e. The van der Waals surface area contributed by atoms with Crippen LogP contribution in [-0.2, 0) is 31.8 Å². The fraction of sp³-hybridized carbons (Fsp3) is 0.657. The molecule has 0 spiro atoms. The van der Waals surface area contributed by atoms with Gasteiger partial charge in [0, 0.05) is 37.5 Å². The number of aryl methyl sites for hydroxylation is 2. The van der Waals surface area contributed by atoms with Gasteiger partial charge in [0.2, 0.25) is 0 Å². The highest BCUT2D eigenvalue weighted by molar-refractivity contribution is 5.79. The van der Waals surface area contributed by atoms with Crippen LogP contribution in [0.25, 0.3) is 0 Å². The number of esters is 1. The third-order valence-electron chi connectivity index (χ3n) is 8.74. The quantitative estimate of drug-likeness (QED) is 0.232. The summed E-state index contributed by atoms with van der Waals surface area (Å²) in [7, 11) is 0. The molecule has 0 radical (unpaired) electrons. The van der Waals surface area contributed by atoms with Gasteiger partial charge >= 0.3 is 5.97 Å². The first-order valence-corrected chi connectivity index (χ1v) is 16.2. The zero-order valence-corrected chi connectivity index (χ0v) is 26.7. The van der Waals surface area contributed by atoms with E-state index in [2.05, 4.69) is 36.2 Å². The van der Waals surface area contributed by atoms with Crippen molar-refractivity contribution in [2.75, 3.05) is 31.6 Å². The Morgan fingerprint density at radius 1 is 1.19 bits per heavy atom. The lowest BCUT2D eigenvalue weighted by Gasteiger charge is -2.33. The maximum Gasteiger partial charge on any atom is 0.328 e. The number of anilines is 1. The van der Waals surface area contributed by atoms with E-state index in [1.54, 1.807) is 6.07 Å². The Morgan fingerprint density at radius 2 is 2.02 bits per heavy atom. The molecule has 2 aromatic rings. The summed E-state index contributed by atoms with van der Waals surface area (Å²) in [5, 5.41) is 3.58. The number of fused-ring (bicyclic) bond motifs is 1. The summed E-state index contributed by atoms with van der Waals surface area (Å²) >= 11 is 0. The predicted octanol–water partition coefficient (Wildman–Crippen LogP) is 7.10. The summed E-state index contributed by atoms with van der Waals surface area (Å²) < 4.78 is 32.9. The standard InChI is InChI=1S/C35H50FN3O4/c1-34(2,3)43-33(40)31(29-22-25(36)13-15-28(29)30-11-7-9-21-42-30)39-19-17-27(23-39)41-20-8-6-10-26-14-12-24-16-18-35(4,5)38-32(24)37-26/h12-15,22,27,30-31H,6-11,16-21,23H2,1-5H3,(H,37,38). The number of carbonyl (C=O) groups is 1. The van der Waals surface area contributed by atoms with Gasteiger partial charge < -0.3 is 19.5 Å². The summed E-state index contributed by atoms with van der Waals surface area (Å²) in [4.78, 5) is 20.7. The van der Waals surface area contributed by atoms with Crippen LogP contribution < -0.4 is 5.32 Å². The van der Waals surface area contributed by atoms with E-state index in [-0.39, 0.29) is 29.5 Å². The molecule has 2 fully saturated rings. The Labute approximate surface area is 256 Å². The third kappa shape index (κ3) is 8.55. The number of hydrogen-bond acceptors (Lipinski definition) is 7. The van der Waals surface area contributed by atoms with E-state index in [1.807, 2.05) is 20.8 Å². The van der Waals surface area contributed by atoms with Crippen LogP contribution in [0.15, 0.2) is 30.3 Å². The van der Waals surface area contributed by atoms with Gasteiger partial charge in [-0.25, -0.2) is 14.2 Å². The van der Waals surface area contributed by atoms with Crippen molar-refractivity contribution in [2.24, 2.45) is 0 Å². The molecule has 1 N–H and O–H groups in total. The Morgan fingerprint density at radius 3 is 2.79 bits per heavy atom. The SMILES string of the molecule is CC1(C)CCc2ccc(CCCCOC3CCN(C(C(=O)OC(C)(C)C)c4cc(F)ccc4C4CCCCO4)C3)nc2N1. The van der Waals surface area contributed by atoms with Gasteiger partial charge in [-0.3, -0.25) is 4.90 Å². The first-order valence-electron chi connectivity index (χ1n) is 16.2. The molecule has 4 heterocycles. The summed E-state index contributed by atoms with van der Waals surface area (Å²) in [6.45, 7) is 12.7. The monoisotopic (exact) mass is 595 g/mol. The van der Waals surface area contributed by atoms with Gasteiger partial charge in [0.15, 0.2) is 0 Å². The Kier molecular flexibility index (Phi) is 10.1. The molecule has 1 aromatic carbocycles. The van der Waals surface area contributed by atoms with Crippen molar-refractivity contribution in [3.63, 3.8) is 0 Å². The maximum atomic E-state index is 14.7. The number of ether oxygens (including phenoxy) is 3. The number of likely N-dealkylation sites (tertiary alicyclic amines) is 1. The average Bonchev–Trinajstić information content (AvgIpc) is 3.40. The lowest BCUT2D eigenvalue weighted by molar-refractivity contribution is -0.161. The van der Waals surface area contributed by atoms with Crippen molar-refractivity contribution in [2.45, 2.75) is 122 Å². The van der Waals surface area contributed by atoms with Crippen LogP contribution in [0.3, 0.4) is 0 Å². The predicted molar refractivity (Wildman–Crippen MR) is 167 cm³/mol. The molecule has 0 bridgehead atoms. The summed E-state index contributed by atoms with van der Waals surface area (Å²) in [5.41, 5.74) is 3.39. The highest BCUT2D eigenvalue weighted by Gasteiger charge is 2.39. The Hall–Kier alpha value is -2.55. The molecule has 43 heavy (non-hydrogen) atoms. The summed E-state index contributed by atoms with van der Waals surface area (Å²) in [6, 6.07) is 8.42. The highest BCUT2D eigenvalue weighted by Crippen LogP contribution is 2.38. The Balaban J connectivity index is 1.19. The number of rotatable bonds is 10. The van der Waals surface area contributed by atoms with E-state index in [1.165, 1.54) is 17.7 Å². The van der Waals surface area contributed by atoms with Gasteiger partial charge in [0.05, 0.1) is 12.2 Å². The molecule has 5 rings (SSSR count). The second kappa shape index (κ2) is 13.6. The minimum atomic E-state index is -0.710. The number of carbonyl (C=O) groups excluding carboxylic acids is 1. The van der Waals surface area contributed by atoms with Crippen molar-refractivity contribution in [3.05, 3.63) is 58.5 Å². The van der Waals surface area contributed by atoms with Crippen LogP contribution in [0.5, 0.6) is 0 Å². The number of hydrogen-bond donors (Lipinski definition) is 1. The van der Waals surface area contributed by atoms with Gasteiger partial charge in [0.1, 0.15) is 23.3 Å². The molecule has 0 aliphatic carbocycles. The molecular weight excluding hydrogens is 545 g/mol. The van der Waals surface area contributed by atoms with Gasteiger partial charge in [-0.15, -0.1) is 0 Å². The van der Waals surface area contributed by atoms with Crippen molar-refractivity contribution in [1.82, 2.24) is 9.88 Å². The van der Waals surface area contributed by atoms with Crippen LogP contribution in [0.1, 0.15) is 114 Å². The van der Waals surface area contributed by atoms with Crippen molar-refractivity contribution in [3.8, 4) is 0 Å². The molecule has 3 aliphatic rings. The number of aromatic nitrogens is 1. The van der Waals surface area contributed by atoms with Gasteiger partial charge in [-0.2, -0.15) is 0 Å². The third-order valence-corrected chi connectivity index (χ3v) is 8.74. The number of benzene rings is 1. The van der Waals surface area contributed by atoms with E-state index >= 15 is 0 Å². The normalized spacial score (nSPS) is 22.9. The minimum absolute atomic E-state index is 0.0150. The van der Waals surface area contributed by atoms with Crippen molar-refractivity contribution in [1.29, 1.82) is 0 Å². The van der Waals surface area contributed by atoms with Crippen LogP contribution in [0.2, 0.25) is 0 Å². The van der Waals surface area contributed by atoms with E-state index in [4.69, 9.17) is 19.2 Å². The average molecular weight is 596 g/mol. The van der Waals surface area contributed by atoms with E-state index in [9.17, 15) is 9.18 Å². The van der Waals surface area contributed by atoms with E-state index in [0.29, 0.717) is 31.9 Å². The molecule has 3 unspecified atom stereocenters. The second-order valence-corrected chi connectivity index (χ2v) is 14.1. The fourth-order valence-electron chi connectivity index (χ4n) is 6.48. The number of nitrogens with one attached hydrogen (secondary N) is 1. The molecule has 3 aliphatic heterocycles. The van der Waals surface area contributed by atoms with Gasteiger partial charge in [-0.05, 0) is 127 Å². The first kappa shape index (κ1) is 31.9. The largest absolute Gasteiger partial charge is 0.459 e. The van der Waals surface area contributed by atoms with Crippen LogP contribution >= 0.6 is 0 Å². The van der Waals surface area contributed by atoms with Crippen LogP contribution in [0.4, 0.5) is 10.2 Å². The zero-order chi connectivity index (χ0) is 30.6. The fourth-order valence-corrected chi connectivity index (χ4v) is 6.48. The summed E-state index contributed by atoms with van der Waals surface area (Å²) in [5.74, 6) is 0.321. The van der Waals surface area contributed by atoms with Crippen molar-refractivity contribution >= 4 is 11.8 Å². The number of halogens is 1. The molecule has 2 saturated heterocycles. The van der Waals surface area contributed by atoms with E-state index in [0.717, 1.165) is 74.9 Å². The number of nitrogens with zero attached hydrogens (tertiary/aromatic N) is 2. The van der Waals surface area contributed by atoms with Crippen LogP contribution in [0, 0.1) is 5.82 Å². The molecule has 3 atom stereocenters. The first-order chi connectivity index (χ1) is 20.5. The molecule has 1 aromatic heterocycles. The molecule has 8 heteroatoms. The number of unbranched alkanes of at least 4 members (excludes halogenated alkanes) is 1. The molecule has 236 valence electrons. The summed E-state index contributed by atoms with van der Waals surface area (Å²) in [6.07, 6.45) is 8.67. The van der Waals surface area contributed by atoms with Crippen molar-refractivity contribution < 1.29 is 23.4 Å². The second-order valence-electron chi connectivity index (χ2n) is 14.1. The molecule has 0 saturated carbocycles. The molecule has 0 amide bonds. The van der Waals surface area contributed by atoms with Gasteiger partial charge in [0.25, 0.3) is 0 Å². The topological polar surface area (TPSA) is 72.9 Å². The zero-order valence-electron chi connectivity index (χ0n) is 26.7. The Bertz CT molecular complexity index is 1250. The molecule has 7 nitrogen and oxygen atoms in total. The smallest absolute Gasteiger partial charge is 0.328 e. The molecular formula is C35H50FN3O4. The maximum absolute atomic E-state index is 14.7.